The number of ether oxygens (including phenoxy) is 2. The third-order valence-electron chi connectivity index (χ3n) is 5.18. The van der Waals surface area contributed by atoms with E-state index >= 15 is 0 Å². The van der Waals surface area contributed by atoms with Crippen molar-refractivity contribution in [3.63, 3.8) is 0 Å². The highest BCUT2D eigenvalue weighted by Crippen LogP contribution is 2.40. The van der Waals surface area contributed by atoms with Gasteiger partial charge in [0.15, 0.2) is 11.6 Å². The number of H-pyrrole nitrogens is 1. The van der Waals surface area contributed by atoms with Gasteiger partial charge in [0.05, 0.1) is 24.4 Å². The Hall–Kier alpha value is -1.44. The Balaban J connectivity index is 1.62. The summed E-state index contributed by atoms with van der Waals surface area (Å²) < 4.78 is 11.4. The van der Waals surface area contributed by atoms with Gasteiger partial charge in [0.1, 0.15) is 0 Å². The van der Waals surface area contributed by atoms with Crippen molar-refractivity contribution in [3.05, 3.63) is 35.0 Å². The summed E-state index contributed by atoms with van der Waals surface area (Å²) in [6.45, 7) is 1.11. The van der Waals surface area contributed by atoms with Gasteiger partial charge < -0.3 is 25.9 Å². The topological polar surface area (TPSA) is 103 Å². The van der Waals surface area contributed by atoms with Crippen LogP contribution < -0.4 is 11.5 Å². The summed E-state index contributed by atoms with van der Waals surface area (Å²) in [5.74, 6) is -0.855. The molecule has 1 spiro atoms. The number of nitrogens with two attached hydrogens (primary N) is 2. The van der Waals surface area contributed by atoms with Gasteiger partial charge in [-0.3, -0.25) is 4.79 Å². The standard InChI is InChI=1S/C17H20ClN3O3/c18-11-1-2-12-10(7-11)8-13(21-12)15(22)17(20)4-3-16(9-14(17)19)23-5-6-24-16/h1-2,7-8,14,21H,3-6,9,19-20H2. The van der Waals surface area contributed by atoms with E-state index in [1.807, 2.05) is 12.1 Å². The number of ketones is 1. The molecule has 2 aliphatic rings. The first kappa shape index (κ1) is 16.1. The number of aromatic nitrogens is 1. The van der Waals surface area contributed by atoms with Crippen LogP contribution in [0.5, 0.6) is 0 Å². The molecule has 6 nitrogen and oxygen atoms in total. The minimum atomic E-state index is -1.13. The monoisotopic (exact) mass is 349 g/mol. The smallest absolute Gasteiger partial charge is 0.200 e. The van der Waals surface area contributed by atoms with Gasteiger partial charge in [-0.25, -0.2) is 0 Å². The second-order valence-electron chi connectivity index (χ2n) is 6.70. The van der Waals surface area contributed by atoms with E-state index in [1.165, 1.54) is 0 Å². The lowest BCUT2D eigenvalue weighted by Crippen LogP contribution is -2.66. The van der Waals surface area contributed by atoms with E-state index in [0.29, 0.717) is 43.2 Å². The van der Waals surface area contributed by atoms with Crippen LogP contribution in [0.15, 0.2) is 24.3 Å². The van der Waals surface area contributed by atoms with E-state index in [0.717, 1.165) is 10.9 Å². The zero-order valence-electron chi connectivity index (χ0n) is 13.2. The first-order chi connectivity index (χ1) is 11.4. The van der Waals surface area contributed by atoms with Crippen molar-refractivity contribution in [1.82, 2.24) is 4.98 Å². The number of carbonyl (C=O) groups excluding carboxylic acids is 1. The second kappa shape index (κ2) is 5.54. The van der Waals surface area contributed by atoms with Crippen molar-refractivity contribution in [2.45, 2.75) is 36.6 Å². The van der Waals surface area contributed by atoms with Crippen LogP contribution in [-0.4, -0.2) is 41.3 Å². The zero-order chi connectivity index (χ0) is 16.9. The van der Waals surface area contributed by atoms with Gasteiger partial charge in [0.25, 0.3) is 0 Å². The molecule has 4 rings (SSSR count). The van der Waals surface area contributed by atoms with Gasteiger partial charge in [-0.05, 0) is 30.7 Å². The summed E-state index contributed by atoms with van der Waals surface area (Å²) in [4.78, 5) is 16.2. The van der Waals surface area contributed by atoms with E-state index in [4.69, 9.17) is 32.5 Å². The molecule has 2 fully saturated rings. The summed E-state index contributed by atoms with van der Waals surface area (Å²) in [6.07, 6.45) is 1.40. The lowest BCUT2D eigenvalue weighted by Gasteiger charge is -2.44. The van der Waals surface area contributed by atoms with Crippen molar-refractivity contribution >= 4 is 28.3 Å². The largest absolute Gasteiger partial charge is 0.352 e. The number of carbonyl (C=O) groups is 1. The maximum atomic E-state index is 13.0. The fourth-order valence-electron chi connectivity index (χ4n) is 3.72. The highest BCUT2D eigenvalue weighted by molar-refractivity contribution is 6.31. The summed E-state index contributed by atoms with van der Waals surface area (Å²) in [5, 5.41) is 1.49. The molecule has 2 unspecified atom stereocenters. The van der Waals surface area contributed by atoms with Gasteiger partial charge in [0, 0.05) is 34.8 Å². The van der Waals surface area contributed by atoms with Gasteiger partial charge in [-0.2, -0.15) is 0 Å². The quantitative estimate of drug-likeness (QED) is 0.719. The molecule has 0 radical (unpaired) electrons. The number of hydrogen-bond donors (Lipinski definition) is 3. The second-order valence-corrected chi connectivity index (χ2v) is 7.14. The Morgan fingerprint density at radius 3 is 2.71 bits per heavy atom. The molecule has 0 bridgehead atoms. The van der Waals surface area contributed by atoms with Crippen LogP contribution >= 0.6 is 11.6 Å². The van der Waals surface area contributed by atoms with Gasteiger partial charge in [-0.1, -0.05) is 11.6 Å². The van der Waals surface area contributed by atoms with Gasteiger partial charge >= 0.3 is 0 Å². The van der Waals surface area contributed by atoms with Crippen molar-refractivity contribution < 1.29 is 14.3 Å². The van der Waals surface area contributed by atoms with Crippen LogP contribution in [0.25, 0.3) is 10.9 Å². The number of fused-ring (bicyclic) bond motifs is 1. The predicted octanol–water partition coefficient (Wildman–Crippen LogP) is 1.96. The van der Waals surface area contributed by atoms with Gasteiger partial charge in [0.2, 0.25) is 0 Å². The summed E-state index contributed by atoms with van der Waals surface area (Å²) >= 11 is 6.00. The van der Waals surface area contributed by atoms with Gasteiger partial charge in [-0.15, -0.1) is 0 Å². The molecule has 24 heavy (non-hydrogen) atoms. The molecule has 2 heterocycles. The number of nitrogens with one attached hydrogen (secondary N) is 1. The van der Waals surface area contributed by atoms with E-state index < -0.39 is 17.4 Å². The summed E-state index contributed by atoms with van der Waals surface area (Å²) in [6, 6.07) is 6.67. The molecule has 1 aromatic carbocycles. The molecule has 7 heteroatoms. The molecule has 1 aliphatic carbocycles. The van der Waals surface area contributed by atoms with E-state index in [-0.39, 0.29) is 5.78 Å². The SMILES string of the molecule is NC1CC2(CCC1(N)C(=O)c1cc3cc(Cl)ccc3[nH]1)OCCO2. The Morgan fingerprint density at radius 2 is 2.00 bits per heavy atom. The number of aromatic amines is 1. The van der Waals surface area contributed by atoms with E-state index in [1.54, 1.807) is 12.1 Å². The molecular formula is C17H20ClN3O3. The number of benzene rings is 1. The molecule has 0 amide bonds. The predicted molar refractivity (Wildman–Crippen MR) is 91.0 cm³/mol. The summed E-state index contributed by atoms with van der Waals surface area (Å²) in [7, 11) is 0. The maximum absolute atomic E-state index is 13.0. The molecule has 2 aromatic rings. The van der Waals surface area contributed by atoms with Crippen molar-refractivity contribution in [2.24, 2.45) is 11.5 Å². The number of rotatable bonds is 2. The summed E-state index contributed by atoms with van der Waals surface area (Å²) in [5.41, 5.74) is 12.9. The van der Waals surface area contributed by atoms with Crippen LogP contribution in [0, 0.1) is 0 Å². The van der Waals surface area contributed by atoms with E-state index in [2.05, 4.69) is 4.98 Å². The molecule has 1 saturated heterocycles. The molecule has 1 saturated carbocycles. The van der Waals surface area contributed by atoms with Crippen LogP contribution in [0.3, 0.4) is 0 Å². The lowest BCUT2D eigenvalue weighted by atomic mass is 9.72. The zero-order valence-corrected chi connectivity index (χ0v) is 13.9. The number of hydrogen-bond acceptors (Lipinski definition) is 5. The Labute approximate surface area is 144 Å². The van der Waals surface area contributed by atoms with Crippen LogP contribution in [-0.2, 0) is 9.47 Å². The maximum Gasteiger partial charge on any atom is 0.200 e. The molecule has 1 aliphatic heterocycles. The minimum Gasteiger partial charge on any atom is -0.352 e. The fraction of sp³-hybridized carbons (Fsp3) is 0.471. The first-order valence-electron chi connectivity index (χ1n) is 8.07. The number of Topliss-reactive ketones (excluding diaryl/α,β-unsaturated/α-hetero) is 1. The Bertz CT molecular complexity index is 799. The molecular weight excluding hydrogens is 330 g/mol. The van der Waals surface area contributed by atoms with Crippen LogP contribution in [0.1, 0.15) is 29.8 Å². The average Bonchev–Trinajstić information content (AvgIpc) is 3.17. The fourth-order valence-corrected chi connectivity index (χ4v) is 3.90. The number of halogens is 1. The van der Waals surface area contributed by atoms with Crippen molar-refractivity contribution in [2.75, 3.05) is 13.2 Å². The van der Waals surface area contributed by atoms with Crippen molar-refractivity contribution in [3.8, 4) is 0 Å². The normalized spacial score (nSPS) is 29.4. The average molecular weight is 350 g/mol. The third kappa shape index (κ3) is 2.46. The first-order valence-corrected chi connectivity index (χ1v) is 8.45. The highest BCUT2D eigenvalue weighted by atomic mass is 35.5. The highest BCUT2D eigenvalue weighted by Gasteiger charge is 2.52. The Kier molecular flexibility index (Phi) is 3.71. The van der Waals surface area contributed by atoms with Crippen LogP contribution in [0.2, 0.25) is 5.02 Å². The molecule has 2 atom stereocenters. The van der Waals surface area contributed by atoms with Crippen molar-refractivity contribution in [1.29, 1.82) is 0 Å². The van der Waals surface area contributed by atoms with Crippen LogP contribution in [0.4, 0.5) is 0 Å². The molecule has 1 aromatic heterocycles. The van der Waals surface area contributed by atoms with E-state index in [9.17, 15) is 4.79 Å². The molecule has 128 valence electrons. The Morgan fingerprint density at radius 1 is 1.25 bits per heavy atom. The molecule has 5 N–H and O–H groups in total. The third-order valence-corrected chi connectivity index (χ3v) is 5.41. The lowest BCUT2D eigenvalue weighted by molar-refractivity contribution is -0.185. The minimum absolute atomic E-state index is 0.185.